The molecule has 0 amide bonds. The summed E-state index contributed by atoms with van der Waals surface area (Å²) in [6.45, 7) is -0.0330. The smallest absolute Gasteiger partial charge is 0.284 e. The maximum absolute atomic E-state index is 13.3. The molecule has 0 unspecified atom stereocenters. The molecule has 0 fully saturated rings. The number of fused-ring (bicyclic) bond motifs is 4. The van der Waals surface area contributed by atoms with Crippen LogP contribution in [0.3, 0.4) is 0 Å². The van der Waals surface area contributed by atoms with Gasteiger partial charge < -0.3 is 5.11 Å². The number of aliphatic hydroxyl groups excluding tert-OH is 1. The summed E-state index contributed by atoms with van der Waals surface area (Å²) < 4.78 is 3.39. The van der Waals surface area contributed by atoms with Crippen molar-refractivity contribution in [2.45, 2.75) is 11.8 Å². The van der Waals surface area contributed by atoms with Gasteiger partial charge >= 0.3 is 0 Å². The molecule has 5 aromatic rings. The van der Waals surface area contributed by atoms with Crippen LogP contribution in [0.2, 0.25) is 0 Å². The van der Waals surface area contributed by atoms with Gasteiger partial charge in [-0.1, -0.05) is 36.0 Å². The van der Waals surface area contributed by atoms with Gasteiger partial charge in [0.2, 0.25) is 0 Å². The highest BCUT2D eigenvalue weighted by atomic mass is 32.2. The highest BCUT2D eigenvalue weighted by Gasteiger charge is 2.17. The predicted octanol–water partition coefficient (Wildman–Crippen LogP) is 2.80. The van der Waals surface area contributed by atoms with Crippen LogP contribution in [-0.4, -0.2) is 35.5 Å². The number of benzene rings is 2. The van der Waals surface area contributed by atoms with Crippen molar-refractivity contribution in [3.8, 4) is 5.69 Å². The molecule has 0 saturated carbocycles. The number of rotatable bonds is 3. The maximum Gasteiger partial charge on any atom is 0.284 e. The van der Waals surface area contributed by atoms with E-state index in [0.29, 0.717) is 21.8 Å². The molecule has 28 heavy (non-hydrogen) atoms. The number of hydrogen-bond donors (Lipinski definition) is 1. The topological polar surface area (TPSA) is 85.3 Å². The van der Waals surface area contributed by atoms with Crippen molar-refractivity contribution in [2.75, 3.05) is 6.26 Å². The third kappa shape index (κ3) is 2.42. The van der Waals surface area contributed by atoms with E-state index in [9.17, 15) is 9.90 Å². The molecule has 7 nitrogen and oxygen atoms in total. The molecule has 0 saturated heterocycles. The summed E-state index contributed by atoms with van der Waals surface area (Å²) in [5.74, 6) is 0. The normalized spacial score (nSPS) is 11.6. The van der Waals surface area contributed by atoms with Crippen LogP contribution in [0, 0.1) is 0 Å². The molecule has 0 aliphatic heterocycles. The first kappa shape index (κ1) is 16.9. The summed E-state index contributed by atoms with van der Waals surface area (Å²) in [6, 6.07) is 15.2. The molecular weight excluding hydrogens is 374 g/mol. The van der Waals surface area contributed by atoms with Crippen LogP contribution in [0.4, 0.5) is 0 Å². The van der Waals surface area contributed by atoms with E-state index in [1.54, 1.807) is 4.52 Å². The van der Waals surface area contributed by atoms with E-state index in [1.165, 1.54) is 18.0 Å². The van der Waals surface area contributed by atoms with Crippen LogP contribution >= 0.6 is 11.8 Å². The first-order valence-electron chi connectivity index (χ1n) is 8.64. The molecule has 8 heteroatoms. The Labute approximate surface area is 163 Å². The van der Waals surface area contributed by atoms with Gasteiger partial charge in [-0.05, 0) is 36.1 Å². The third-order valence-electron chi connectivity index (χ3n) is 4.70. The highest BCUT2D eigenvalue weighted by molar-refractivity contribution is 7.98. The Morgan fingerprint density at radius 1 is 1.04 bits per heavy atom. The number of aromatic nitrogens is 5. The van der Waals surface area contributed by atoms with Gasteiger partial charge in [0.05, 0.1) is 17.8 Å². The molecule has 0 aliphatic carbocycles. The summed E-state index contributed by atoms with van der Waals surface area (Å²) in [5.41, 5.74) is 3.17. The summed E-state index contributed by atoms with van der Waals surface area (Å²) >= 11 is 1.41. The van der Waals surface area contributed by atoms with Crippen molar-refractivity contribution in [2.24, 2.45) is 0 Å². The zero-order chi connectivity index (χ0) is 19.3. The molecule has 5 rings (SSSR count). The molecule has 0 aliphatic rings. The monoisotopic (exact) mass is 389 g/mol. The van der Waals surface area contributed by atoms with Crippen molar-refractivity contribution in [3.05, 3.63) is 70.6 Å². The third-order valence-corrected chi connectivity index (χ3v) is 5.26. The van der Waals surface area contributed by atoms with Gasteiger partial charge in [-0.3, -0.25) is 4.79 Å². The summed E-state index contributed by atoms with van der Waals surface area (Å²) in [5, 5.41) is 11.1. The molecule has 0 atom stereocenters. The Morgan fingerprint density at radius 2 is 1.82 bits per heavy atom. The van der Waals surface area contributed by atoms with E-state index in [0.717, 1.165) is 22.2 Å². The molecule has 0 radical (unpaired) electrons. The van der Waals surface area contributed by atoms with Crippen molar-refractivity contribution in [1.29, 1.82) is 0 Å². The number of para-hydroxylation sites is 1. The van der Waals surface area contributed by atoms with Gasteiger partial charge in [0.25, 0.3) is 5.56 Å². The second-order valence-corrected chi connectivity index (χ2v) is 7.07. The van der Waals surface area contributed by atoms with E-state index < -0.39 is 0 Å². The Hall–Kier alpha value is -3.23. The minimum Gasteiger partial charge on any atom is -0.392 e. The van der Waals surface area contributed by atoms with E-state index in [2.05, 4.69) is 9.97 Å². The Bertz CT molecular complexity index is 1410. The zero-order valence-electron chi connectivity index (χ0n) is 14.9. The number of thioether (sulfide) groups is 1. The fourth-order valence-corrected chi connectivity index (χ4v) is 3.70. The first-order valence-corrected chi connectivity index (χ1v) is 9.87. The van der Waals surface area contributed by atoms with E-state index in [1.807, 2.05) is 59.5 Å². The fraction of sp³-hybridized carbons (Fsp3) is 0.100. The largest absolute Gasteiger partial charge is 0.392 e. The van der Waals surface area contributed by atoms with Crippen molar-refractivity contribution < 1.29 is 5.11 Å². The standard InChI is InChI=1S/C20H15N5O2S/c1-28-20-21-10-15-17(23-20)22-18-14-4-2-3-5-16(14)24(25(18)19(15)27)13-8-6-12(11-26)7-9-13/h2-10,26H,11H2,1H3. The number of nitrogens with zero attached hydrogens (tertiary/aromatic N) is 5. The molecule has 3 heterocycles. The highest BCUT2D eigenvalue weighted by Crippen LogP contribution is 2.25. The van der Waals surface area contributed by atoms with Gasteiger partial charge in [0.15, 0.2) is 16.5 Å². The Balaban J connectivity index is 1.95. The van der Waals surface area contributed by atoms with Gasteiger partial charge in [0.1, 0.15) is 5.39 Å². The van der Waals surface area contributed by atoms with Gasteiger partial charge in [-0.15, -0.1) is 0 Å². The van der Waals surface area contributed by atoms with Crippen LogP contribution in [0.25, 0.3) is 33.3 Å². The molecule has 3 aromatic heterocycles. The number of aliphatic hydroxyl groups is 1. The van der Waals surface area contributed by atoms with Crippen LogP contribution in [0.1, 0.15) is 5.56 Å². The van der Waals surface area contributed by atoms with Crippen LogP contribution < -0.4 is 5.56 Å². The molecule has 0 spiro atoms. The lowest BCUT2D eigenvalue weighted by Gasteiger charge is -2.09. The van der Waals surface area contributed by atoms with Crippen molar-refractivity contribution >= 4 is 39.3 Å². The van der Waals surface area contributed by atoms with E-state index >= 15 is 0 Å². The second-order valence-electron chi connectivity index (χ2n) is 6.30. The SMILES string of the molecule is CSc1ncc2c(=O)n3c(nc2n1)c1ccccc1n3-c1ccc(CO)cc1. The summed E-state index contributed by atoms with van der Waals surface area (Å²) in [6.07, 6.45) is 3.42. The van der Waals surface area contributed by atoms with Crippen LogP contribution in [0.15, 0.2) is 64.7 Å². The maximum atomic E-state index is 13.3. The van der Waals surface area contributed by atoms with Crippen molar-refractivity contribution in [3.63, 3.8) is 0 Å². The number of hydrogen-bond acceptors (Lipinski definition) is 6. The average molecular weight is 389 g/mol. The molecule has 138 valence electrons. The molecule has 0 bridgehead atoms. The quantitative estimate of drug-likeness (QED) is 0.377. The van der Waals surface area contributed by atoms with E-state index in [4.69, 9.17) is 4.98 Å². The second kappa shape index (κ2) is 6.43. The first-order chi connectivity index (χ1) is 13.7. The van der Waals surface area contributed by atoms with Crippen LogP contribution in [-0.2, 0) is 6.61 Å². The Morgan fingerprint density at radius 3 is 2.57 bits per heavy atom. The van der Waals surface area contributed by atoms with Gasteiger partial charge in [-0.25, -0.2) is 19.6 Å². The summed E-state index contributed by atoms with van der Waals surface area (Å²) in [7, 11) is 0. The molecule has 2 aromatic carbocycles. The lowest BCUT2D eigenvalue weighted by Crippen LogP contribution is -2.21. The lowest BCUT2D eigenvalue weighted by molar-refractivity contribution is 0.282. The van der Waals surface area contributed by atoms with Crippen molar-refractivity contribution in [1.82, 2.24) is 24.1 Å². The summed E-state index contributed by atoms with van der Waals surface area (Å²) in [4.78, 5) is 26.7. The zero-order valence-corrected chi connectivity index (χ0v) is 15.7. The lowest BCUT2D eigenvalue weighted by atomic mass is 10.2. The molecular formula is C20H15N5O2S. The predicted molar refractivity (Wildman–Crippen MR) is 109 cm³/mol. The Kier molecular flexibility index (Phi) is 3.88. The van der Waals surface area contributed by atoms with Gasteiger partial charge in [0, 0.05) is 11.6 Å². The van der Waals surface area contributed by atoms with Gasteiger partial charge in [-0.2, -0.15) is 4.52 Å². The van der Waals surface area contributed by atoms with Crippen LogP contribution in [0.5, 0.6) is 0 Å². The minimum absolute atomic E-state index is 0.0330. The fourth-order valence-electron chi connectivity index (χ4n) is 3.36. The molecule has 1 N–H and O–H groups in total. The average Bonchev–Trinajstić information content (AvgIpc) is 3.08. The minimum atomic E-state index is -0.227. The van der Waals surface area contributed by atoms with E-state index in [-0.39, 0.29) is 12.2 Å².